The molecule has 0 saturated carbocycles. The van der Waals surface area contributed by atoms with Crippen LogP contribution in [-0.4, -0.2) is 33.6 Å². The van der Waals surface area contributed by atoms with Gasteiger partial charge in [0.15, 0.2) is 5.82 Å². The smallest absolute Gasteiger partial charge is 0.355 e. The molecule has 4 aromatic rings. The molecule has 2 aromatic heterocycles. The summed E-state index contributed by atoms with van der Waals surface area (Å²) in [6.45, 7) is 1.38. The molecule has 5 rings (SSSR count). The average molecular weight is 480 g/mol. The number of halogens is 3. The van der Waals surface area contributed by atoms with E-state index in [1.165, 1.54) is 6.07 Å². The van der Waals surface area contributed by atoms with Gasteiger partial charge in [0.05, 0.1) is 11.3 Å². The van der Waals surface area contributed by atoms with E-state index in [0.717, 1.165) is 34.7 Å². The highest BCUT2D eigenvalue weighted by molar-refractivity contribution is 5.79. The van der Waals surface area contributed by atoms with E-state index in [9.17, 15) is 18.0 Å². The first kappa shape index (κ1) is 22.9. The third-order valence-corrected chi connectivity index (χ3v) is 6.33. The van der Waals surface area contributed by atoms with Crippen LogP contribution < -0.4 is 10.2 Å². The Hall–Kier alpha value is -3.88. The molecule has 1 N–H and O–H groups in total. The maximum atomic E-state index is 12.9. The Balaban J connectivity index is 1.22. The predicted molar refractivity (Wildman–Crippen MR) is 127 cm³/mol. The van der Waals surface area contributed by atoms with E-state index >= 15 is 0 Å². The molecule has 1 aliphatic rings. The van der Waals surface area contributed by atoms with Gasteiger partial charge in [-0.3, -0.25) is 4.79 Å². The number of carbonyl (C=O) groups excluding carboxylic acids is 1. The predicted octanol–water partition coefficient (Wildman–Crippen LogP) is 4.95. The monoisotopic (exact) mass is 479 g/mol. The molecule has 1 amide bonds. The van der Waals surface area contributed by atoms with Gasteiger partial charge in [0.25, 0.3) is 0 Å². The maximum Gasteiger partial charge on any atom is 0.416 e. The van der Waals surface area contributed by atoms with Gasteiger partial charge in [-0.05, 0) is 36.6 Å². The SMILES string of the molecule is O=C(NCc1cccc(C(F)(F)F)c1)C1CCN(c2nccn3nc(-c4ccccc4)cc23)CC1. The fourth-order valence-corrected chi connectivity index (χ4v) is 4.45. The Kier molecular flexibility index (Phi) is 6.15. The summed E-state index contributed by atoms with van der Waals surface area (Å²) < 4.78 is 40.6. The molecular weight excluding hydrogens is 455 g/mol. The van der Waals surface area contributed by atoms with Crippen molar-refractivity contribution in [3.63, 3.8) is 0 Å². The Morgan fingerprint density at radius 3 is 2.54 bits per heavy atom. The lowest BCUT2D eigenvalue weighted by Crippen LogP contribution is -2.40. The van der Waals surface area contributed by atoms with Crippen molar-refractivity contribution in [3.8, 4) is 11.3 Å². The summed E-state index contributed by atoms with van der Waals surface area (Å²) in [7, 11) is 0. The second-order valence-corrected chi connectivity index (χ2v) is 8.65. The largest absolute Gasteiger partial charge is 0.416 e. The quantitative estimate of drug-likeness (QED) is 0.440. The van der Waals surface area contributed by atoms with Crippen LogP contribution in [0.1, 0.15) is 24.0 Å². The number of hydrogen-bond acceptors (Lipinski definition) is 4. The van der Waals surface area contributed by atoms with E-state index in [1.54, 1.807) is 12.3 Å². The van der Waals surface area contributed by atoms with Crippen LogP contribution in [0.2, 0.25) is 0 Å². The number of benzene rings is 2. The van der Waals surface area contributed by atoms with Crippen LogP contribution in [0.4, 0.5) is 19.0 Å². The number of nitrogens with one attached hydrogen (secondary N) is 1. The highest BCUT2D eigenvalue weighted by atomic mass is 19.4. The average Bonchev–Trinajstić information content (AvgIpc) is 3.32. The van der Waals surface area contributed by atoms with E-state index in [2.05, 4.69) is 20.3 Å². The normalized spacial score (nSPS) is 14.9. The summed E-state index contributed by atoms with van der Waals surface area (Å²) >= 11 is 0. The number of aromatic nitrogens is 3. The van der Waals surface area contributed by atoms with E-state index in [1.807, 2.05) is 47.1 Å². The van der Waals surface area contributed by atoms with Crippen LogP contribution in [0.25, 0.3) is 16.8 Å². The second-order valence-electron chi connectivity index (χ2n) is 8.65. The molecule has 180 valence electrons. The van der Waals surface area contributed by atoms with E-state index in [4.69, 9.17) is 0 Å². The standard InChI is InChI=1S/C26H24F3N5O/c27-26(28,29)21-8-4-5-18(15-21)17-31-25(35)20-9-12-33(13-10-20)24-23-16-22(19-6-2-1-3-7-19)32-34(23)14-11-30-24/h1-8,11,14-16,20H,9-10,12-13,17H2,(H,31,35). The van der Waals surface area contributed by atoms with Crippen LogP contribution >= 0.6 is 0 Å². The molecule has 0 radical (unpaired) electrons. The zero-order valence-corrected chi connectivity index (χ0v) is 18.9. The number of hydrogen-bond donors (Lipinski definition) is 1. The van der Waals surface area contributed by atoms with Crippen molar-refractivity contribution in [2.24, 2.45) is 5.92 Å². The number of alkyl halides is 3. The van der Waals surface area contributed by atoms with Crippen molar-refractivity contribution in [3.05, 3.63) is 84.2 Å². The van der Waals surface area contributed by atoms with Gasteiger partial charge < -0.3 is 10.2 Å². The van der Waals surface area contributed by atoms with Crippen molar-refractivity contribution in [1.82, 2.24) is 19.9 Å². The number of amides is 1. The topological polar surface area (TPSA) is 62.5 Å². The lowest BCUT2D eigenvalue weighted by Gasteiger charge is -2.32. The lowest BCUT2D eigenvalue weighted by atomic mass is 9.95. The van der Waals surface area contributed by atoms with Crippen LogP contribution in [0.5, 0.6) is 0 Å². The number of fused-ring (bicyclic) bond motifs is 1. The zero-order chi connectivity index (χ0) is 24.4. The molecule has 0 aliphatic carbocycles. The van der Waals surface area contributed by atoms with Gasteiger partial charge in [-0.15, -0.1) is 0 Å². The molecule has 1 aliphatic heterocycles. The van der Waals surface area contributed by atoms with Crippen molar-refractivity contribution in [2.45, 2.75) is 25.6 Å². The number of anilines is 1. The molecule has 0 unspecified atom stereocenters. The molecule has 3 heterocycles. The third-order valence-electron chi connectivity index (χ3n) is 6.33. The van der Waals surface area contributed by atoms with Crippen LogP contribution in [-0.2, 0) is 17.5 Å². The lowest BCUT2D eigenvalue weighted by molar-refractivity contribution is -0.137. The summed E-state index contributed by atoms with van der Waals surface area (Å²) in [5.74, 6) is 0.496. The minimum absolute atomic E-state index is 0.0713. The molecule has 2 aromatic carbocycles. The Morgan fingerprint density at radius 2 is 1.80 bits per heavy atom. The van der Waals surface area contributed by atoms with Crippen LogP contribution in [0, 0.1) is 5.92 Å². The van der Waals surface area contributed by atoms with Gasteiger partial charge in [-0.25, -0.2) is 9.50 Å². The molecule has 1 saturated heterocycles. The number of piperidine rings is 1. The molecule has 1 fully saturated rings. The van der Waals surface area contributed by atoms with Gasteiger partial charge in [-0.2, -0.15) is 18.3 Å². The Labute approximate surface area is 200 Å². The van der Waals surface area contributed by atoms with Crippen molar-refractivity contribution < 1.29 is 18.0 Å². The number of nitrogens with zero attached hydrogens (tertiary/aromatic N) is 4. The molecule has 35 heavy (non-hydrogen) atoms. The summed E-state index contributed by atoms with van der Waals surface area (Å²) in [4.78, 5) is 19.4. The first-order valence-electron chi connectivity index (χ1n) is 11.5. The van der Waals surface area contributed by atoms with Crippen LogP contribution in [0.15, 0.2) is 73.1 Å². The van der Waals surface area contributed by atoms with Gasteiger partial charge in [0, 0.05) is 43.5 Å². The maximum absolute atomic E-state index is 12.9. The fraction of sp³-hybridized carbons (Fsp3) is 0.269. The molecule has 9 heteroatoms. The van der Waals surface area contributed by atoms with Crippen molar-refractivity contribution in [2.75, 3.05) is 18.0 Å². The fourth-order valence-electron chi connectivity index (χ4n) is 4.45. The summed E-state index contributed by atoms with van der Waals surface area (Å²) in [5, 5.41) is 7.47. The Bertz CT molecular complexity index is 1330. The van der Waals surface area contributed by atoms with Gasteiger partial charge in [0.1, 0.15) is 5.52 Å². The minimum Gasteiger partial charge on any atom is -0.355 e. The number of carbonyl (C=O) groups is 1. The summed E-state index contributed by atoms with van der Waals surface area (Å²) in [5.41, 5.74) is 2.51. The first-order chi connectivity index (χ1) is 16.9. The number of rotatable bonds is 5. The minimum atomic E-state index is -4.40. The van der Waals surface area contributed by atoms with Gasteiger partial charge >= 0.3 is 6.18 Å². The van der Waals surface area contributed by atoms with Crippen LogP contribution in [0.3, 0.4) is 0 Å². The van der Waals surface area contributed by atoms with Crippen molar-refractivity contribution >= 4 is 17.2 Å². The zero-order valence-electron chi connectivity index (χ0n) is 18.9. The van der Waals surface area contributed by atoms with Gasteiger partial charge in [0.2, 0.25) is 5.91 Å². The molecule has 0 spiro atoms. The van der Waals surface area contributed by atoms with E-state index in [-0.39, 0.29) is 18.4 Å². The second kappa shape index (κ2) is 9.40. The molecule has 0 bridgehead atoms. The van der Waals surface area contributed by atoms with Gasteiger partial charge in [-0.1, -0.05) is 42.5 Å². The highest BCUT2D eigenvalue weighted by Gasteiger charge is 2.30. The third kappa shape index (κ3) is 4.99. The first-order valence-corrected chi connectivity index (χ1v) is 11.5. The Morgan fingerprint density at radius 1 is 1.03 bits per heavy atom. The van der Waals surface area contributed by atoms with Crippen molar-refractivity contribution in [1.29, 1.82) is 0 Å². The summed E-state index contributed by atoms with van der Waals surface area (Å²) in [6.07, 6.45) is 0.409. The molecule has 6 nitrogen and oxygen atoms in total. The molecular formula is C26H24F3N5O. The highest BCUT2D eigenvalue weighted by Crippen LogP contribution is 2.30. The molecule has 0 atom stereocenters. The summed E-state index contributed by atoms with van der Waals surface area (Å²) in [6, 6.07) is 17.0. The van der Waals surface area contributed by atoms with E-state index in [0.29, 0.717) is 31.5 Å². The van der Waals surface area contributed by atoms with E-state index < -0.39 is 11.7 Å².